The van der Waals surface area contributed by atoms with E-state index in [1.807, 2.05) is 24.3 Å². The van der Waals surface area contributed by atoms with E-state index >= 15 is 0 Å². The number of amides is 1. The van der Waals surface area contributed by atoms with Crippen LogP contribution in [0.4, 0.5) is 5.69 Å². The minimum atomic E-state index is -1.02. The molecule has 0 saturated carbocycles. The lowest BCUT2D eigenvalue weighted by Crippen LogP contribution is -2.14. The van der Waals surface area contributed by atoms with Crippen LogP contribution in [0.15, 0.2) is 34.1 Å². The van der Waals surface area contributed by atoms with Gasteiger partial charge in [-0.15, -0.1) is 11.3 Å². The Bertz CT molecular complexity index is 681. The molecule has 21 heavy (non-hydrogen) atoms. The van der Waals surface area contributed by atoms with Gasteiger partial charge in [0.2, 0.25) is 5.91 Å². The smallest absolute Gasteiger partial charge is 0.348 e. The lowest BCUT2D eigenvalue weighted by molar-refractivity contribution is -0.116. The first-order chi connectivity index (χ1) is 9.97. The first kappa shape index (κ1) is 15.7. The monoisotopic (exact) mass is 367 g/mol. The van der Waals surface area contributed by atoms with E-state index in [2.05, 4.69) is 21.2 Å². The first-order valence-corrected chi connectivity index (χ1v) is 8.00. The van der Waals surface area contributed by atoms with Gasteiger partial charge in [-0.25, -0.2) is 4.79 Å². The molecule has 0 spiro atoms. The number of aromatic carboxylic acids is 1. The van der Waals surface area contributed by atoms with Crippen LogP contribution in [0.25, 0.3) is 0 Å². The van der Waals surface area contributed by atoms with Crippen molar-refractivity contribution >= 4 is 44.8 Å². The van der Waals surface area contributed by atoms with Gasteiger partial charge in [0.1, 0.15) is 4.88 Å². The molecule has 0 atom stereocenters. The highest BCUT2D eigenvalue weighted by atomic mass is 79.9. The maximum atomic E-state index is 12.0. The highest BCUT2D eigenvalue weighted by Gasteiger charge is 2.17. The molecule has 0 radical (unpaired) electrons. The fourth-order valence-corrected chi connectivity index (χ4v) is 3.20. The molecule has 0 fully saturated rings. The third kappa shape index (κ3) is 4.15. The van der Waals surface area contributed by atoms with Gasteiger partial charge in [0, 0.05) is 10.9 Å². The average Bonchev–Trinajstić information content (AvgIpc) is 2.78. The Morgan fingerprint density at radius 1 is 1.38 bits per heavy atom. The molecule has 1 heterocycles. The van der Waals surface area contributed by atoms with Crippen LogP contribution in [0, 0.1) is 6.92 Å². The van der Waals surface area contributed by atoms with Crippen LogP contribution in [0.5, 0.6) is 0 Å². The predicted octanol–water partition coefficient (Wildman–Crippen LogP) is 4.09. The number of thiophene rings is 1. The molecule has 2 rings (SSSR count). The molecule has 0 aliphatic carbocycles. The van der Waals surface area contributed by atoms with E-state index in [9.17, 15) is 9.59 Å². The summed E-state index contributed by atoms with van der Waals surface area (Å²) < 4.78 is 0.974. The van der Waals surface area contributed by atoms with E-state index in [0.717, 1.165) is 26.9 Å². The van der Waals surface area contributed by atoms with Crippen LogP contribution in [-0.4, -0.2) is 17.0 Å². The second-order valence-corrected chi connectivity index (χ2v) is 6.40. The number of hydrogen-bond acceptors (Lipinski definition) is 3. The summed E-state index contributed by atoms with van der Waals surface area (Å²) in [4.78, 5) is 23.2. The first-order valence-electron chi connectivity index (χ1n) is 6.33. The molecule has 0 aliphatic heterocycles. The molecule has 6 heteroatoms. The number of rotatable bonds is 5. The van der Waals surface area contributed by atoms with Crippen LogP contribution in [-0.2, 0) is 11.2 Å². The lowest BCUT2D eigenvalue weighted by atomic mass is 10.1. The zero-order valence-corrected chi connectivity index (χ0v) is 13.8. The summed E-state index contributed by atoms with van der Waals surface area (Å²) in [6.45, 7) is 1.78. The number of carboxylic acids is 1. The van der Waals surface area contributed by atoms with Gasteiger partial charge < -0.3 is 10.4 Å². The van der Waals surface area contributed by atoms with Gasteiger partial charge in [-0.05, 0) is 42.0 Å². The van der Waals surface area contributed by atoms with Crippen LogP contribution in [0.2, 0.25) is 0 Å². The Hall–Kier alpha value is -1.66. The Morgan fingerprint density at radius 3 is 2.81 bits per heavy atom. The van der Waals surface area contributed by atoms with Crippen molar-refractivity contribution in [2.24, 2.45) is 0 Å². The Morgan fingerprint density at radius 2 is 2.14 bits per heavy atom. The molecule has 0 unspecified atom stereocenters. The molecule has 0 bridgehead atoms. The van der Waals surface area contributed by atoms with Gasteiger partial charge in [-0.3, -0.25) is 4.79 Å². The molecule has 1 amide bonds. The summed E-state index contributed by atoms with van der Waals surface area (Å²) in [7, 11) is 0. The minimum absolute atomic E-state index is 0.170. The van der Waals surface area contributed by atoms with Gasteiger partial charge >= 0.3 is 5.97 Å². The lowest BCUT2D eigenvalue weighted by Gasteiger charge is -2.06. The fraction of sp³-hybridized carbons (Fsp3) is 0.200. The predicted molar refractivity (Wildman–Crippen MR) is 87.1 cm³/mol. The molecule has 2 aromatic rings. The quantitative estimate of drug-likeness (QED) is 0.836. The molecule has 110 valence electrons. The Labute approximate surface area is 134 Å². The number of hydrogen-bond donors (Lipinski definition) is 2. The van der Waals surface area contributed by atoms with Crippen LogP contribution in [0.1, 0.15) is 27.2 Å². The van der Waals surface area contributed by atoms with Crippen molar-refractivity contribution in [3.05, 3.63) is 50.1 Å². The minimum Gasteiger partial charge on any atom is -0.477 e. The van der Waals surface area contributed by atoms with Gasteiger partial charge in [0.05, 0.1) is 5.69 Å². The van der Waals surface area contributed by atoms with E-state index in [4.69, 9.17) is 5.11 Å². The highest BCUT2D eigenvalue weighted by molar-refractivity contribution is 9.10. The van der Waals surface area contributed by atoms with Gasteiger partial charge in [-0.2, -0.15) is 0 Å². The maximum Gasteiger partial charge on any atom is 0.348 e. The highest BCUT2D eigenvalue weighted by Crippen LogP contribution is 2.27. The van der Waals surface area contributed by atoms with Crippen molar-refractivity contribution in [3.8, 4) is 0 Å². The van der Waals surface area contributed by atoms with E-state index < -0.39 is 5.97 Å². The number of carbonyl (C=O) groups excluding carboxylic acids is 1. The third-order valence-corrected chi connectivity index (χ3v) is 4.54. The average molecular weight is 368 g/mol. The second-order valence-electron chi connectivity index (χ2n) is 4.61. The van der Waals surface area contributed by atoms with Crippen molar-refractivity contribution in [2.45, 2.75) is 19.8 Å². The molecule has 0 aliphatic rings. The number of anilines is 1. The second kappa shape index (κ2) is 6.87. The summed E-state index contributed by atoms with van der Waals surface area (Å²) in [5.41, 5.74) is 2.24. The van der Waals surface area contributed by atoms with Crippen LogP contribution in [0.3, 0.4) is 0 Å². The summed E-state index contributed by atoms with van der Waals surface area (Å²) >= 11 is 4.51. The fourth-order valence-electron chi connectivity index (χ4n) is 1.91. The summed E-state index contributed by atoms with van der Waals surface area (Å²) in [6, 6.07) is 7.77. The van der Waals surface area contributed by atoms with Gasteiger partial charge in [0.15, 0.2) is 0 Å². The topological polar surface area (TPSA) is 66.4 Å². The van der Waals surface area contributed by atoms with E-state index in [1.54, 1.807) is 12.3 Å². The number of aryl methyl sites for hydroxylation is 2. The zero-order valence-electron chi connectivity index (χ0n) is 11.4. The van der Waals surface area contributed by atoms with Crippen LogP contribution < -0.4 is 5.32 Å². The summed E-state index contributed by atoms with van der Waals surface area (Å²) in [6.07, 6.45) is 0.918. The molecule has 2 N–H and O–H groups in total. The summed E-state index contributed by atoms with van der Waals surface area (Å²) in [5, 5.41) is 13.5. The summed E-state index contributed by atoms with van der Waals surface area (Å²) in [5.74, 6) is -1.20. The van der Waals surface area contributed by atoms with Gasteiger partial charge in [-0.1, -0.05) is 28.1 Å². The van der Waals surface area contributed by atoms with Gasteiger partial charge in [0.25, 0.3) is 0 Å². The molecular formula is C15H14BrNO3S. The molecule has 1 aromatic carbocycles. The Balaban J connectivity index is 1.99. The normalized spacial score (nSPS) is 10.4. The largest absolute Gasteiger partial charge is 0.477 e. The maximum absolute atomic E-state index is 12.0. The molecule has 1 aromatic heterocycles. The van der Waals surface area contributed by atoms with Crippen molar-refractivity contribution in [3.63, 3.8) is 0 Å². The van der Waals surface area contributed by atoms with E-state index in [1.165, 1.54) is 0 Å². The number of carboxylic acid groups (broad SMARTS) is 1. The van der Waals surface area contributed by atoms with Crippen molar-refractivity contribution in [1.82, 2.24) is 0 Å². The van der Waals surface area contributed by atoms with Crippen LogP contribution >= 0.6 is 27.3 Å². The number of nitrogens with one attached hydrogen (secondary N) is 1. The number of halogens is 1. The Kier molecular flexibility index (Phi) is 5.14. The van der Waals surface area contributed by atoms with E-state index in [-0.39, 0.29) is 10.8 Å². The molecule has 4 nitrogen and oxygen atoms in total. The van der Waals surface area contributed by atoms with Crippen molar-refractivity contribution in [1.29, 1.82) is 0 Å². The standard InChI is InChI=1S/C15H14BrNO3S/c1-9-8-21-14(15(19)20)13(9)17-12(18)6-5-10-3-2-4-11(16)7-10/h2-4,7-8H,5-6H2,1H3,(H,17,18)(H,19,20). The van der Waals surface area contributed by atoms with Crippen molar-refractivity contribution in [2.75, 3.05) is 5.32 Å². The zero-order chi connectivity index (χ0) is 15.4. The van der Waals surface area contributed by atoms with E-state index in [0.29, 0.717) is 18.5 Å². The number of benzene rings is 1. The third-order valence-electron chi connectivity index (χ3n) is 2.96. The number of carbonyl (C=O) groups is 2. The van der Waals surface area contributed by atoms with Crippen molar-refractivity contribution < 1.29 is 14.7 Å². The SMILES string of the molecule is Cc1csc(C(=O)O)c1NC(=O)CCc1cccc(Br)c1. The molecule has 0 saturated heterocycles. The molecular weight excluding hydrogens is 354 g/mol.